The van der Waals surface area contributed by atoms with Crippen LogP contribution >= 0.6 is 0 Å². The Balaban J connectivity index is 2.19. The van der Waals surface area contributed by atoms with Crippen LogP contribution in [0.2, 0.25) is 0 Å². The molecule has 6 nitrogen and oxygen atoms in total. The maximum atomic E-state index is 13.3. The van der Waals surface area contributed by atoms with Crippen molar-refractivity contribution in [1.29, 1.82) is 0 Å². The van der Waals surface area contributed by atoms with Gasteiger partial charge in [0.1, 0.15) is 0 Å². The molecule has 2 aromatic rings. The fourth-order valence-corrected chi connectivity index (χ4v) is 2.00. The minimum Gasteiger partial charge on any atom is -0.322 e. The van der Waals surface area contributed by atoms with Crippen molar-refractivity contribution >= 4 is 21.6 Å². The highest BCUT2D eigenvalue weighted by Crippen LogP contribution is 2.14. The minimum absolute atomic E-state index is 0.0805. The van der Waals surface area contributed by atoms with Crippen molar-refractivity contribution in [2.24, 2.45) is 5.14 Å². The zero-order valence-electron chi connectivity index (χ0n) is 10.1. The number of carbonyl (C=O) groups excluding carboxylic acids is 1. The van der Waals surface area contributed by atoms with E-state index >= 15 is 0 Å². The lowest BCUT2D eigenvalue weighted by Gasteiger charge is -2.06. The number of benzene rings is 1. The molecule has 1 amide bonds. The van der Waals surface area contributed by atoms with E-state index in [4.69, 9.17) is 5.14 Å². The third kappa shape index (κ3) is 3.16. The molecular formula is C12H10FN3O3S. The first-order chi connectivity index (χ1) is 9.38. The molecule has 1 heterocycles. The van der Waals surface area contributed by atoms with Crippen LogP contribution in [0.1, 0.15) is 10.4 Å². The summed E-state index contributed by atoms with van der Waals surface area (Å²) in [6.07, 6.45) is 1.23. The summed E-state index contributed by atoms with van der Waals surface area (Å²) in [6, 6.07) is 7.91. The summed E-state index contributed by atoms with van der Waals surface area (Å²) in [5.41, 5.74) is 0.105. The van der Waals surface area contributed by atoms with E-state index in [1.165, 1.54) is 42.6 Å². The predicted molar refractivity (Wildman–Crippen MR) is 70.0 cm³/mol. The van der Waals surface area contributed by atoms with Gasteiger partial charge in [-0.1, -0.05) is 0 Å². The third-order valence-electron chi connectivity index (χ3n) is 2.44. The molecule has 0 unspecified atom stereocenters. The maximum Gasteiger partial charge on any atom is 0.260 e. The first-order valence-corrected chi connectivity index (χ1v) is 6.97. The third-order valence-corrected chi connectivity index (χ3v) is 3.37. The quantitative estimate of drug-likeness (QED) is 0.828. The lowest BCUT2D eigenvalue weighted by atomic mass is 10.2. The number of halogens is 1. The molecule has 0 radical (unpaired) electrons. The van der Waals surface area contributed by atoms with Crippen molar-refractivity contribution in [3.8, 4) is 0 Å². The molecule has 0 saturated heterocycles. The first kappa shape index (κ1) is 14.1. The maximum absolute atomic E-state index is 13.3. The summed E-state index contributed by atoms with van der Waals surface area (Å²) in [4.78, 5) is 15.1. The molecule has 0 spiro atoms. The number of primary sulfonamides is 1. The van der Waals surface area contributed by atoms with Crippen LogP contribution in [-0.2, 0) is 10.0 Å². The van der Waals surface area contributed by atoms with Gasteiger partial charge < -0.3 is 5.32 Å². The van der Waals surface area contributed by atoms with Crippen molar-refractivity contribution in [2.75, 3.05) is 5.32 Å². The van der Waals surface area contributed by atoms with Gasteiger partial charge in [0.15, 0.2) is 0 Å². The van der Waals surface area contributed by atoms with Gasteiger partial charge in [-0.05, 0) is 36.4 Å². The van der Waals surface area contributed by atoms with Crippen LogP contribution in [0, 0.1) is 5.95 Å². The molecule has 0 bridgehead atoms. The average molecular weight is 295 g/mol. The SMILES string of the molecule is NS(=O)(=O)c1ccc(NC(=O)c2cccnc2F)cc1. The Labute approximate surface area is 114 Å². The van der Waals surface area contributed by atoms with E-state index in [-0.39, 0.29) is 10.5 Å². The lowest BCUT2D eigenvalue weighted by Crippen LogP contribution is -2.15. The molecule has 20 heavy (non-hydrogen) atoms. The number of carbonyl (C=O) groups is 1. The number of rotatable bonds is 3. The van der Waals surface area contributed by atoms with E-state index in [9.17, 15) is 17.6 Å². The number of sulfonamides is 1. The smallest absolute Gasteiger partial charge is 0.260 e. The molecular weight excluding hydrogens is 285 g/mol. The minimum atomic E-state index is -3.79. The molecule has 0 aliphatic carbocycles. The van der Waals surface area contributed by atoms with E-state index in [1.54, 1.807) is 0 Å². The molecule has 1 aromatic heterocycles. The van der Waals surface area contributed by atoms with Crippen LogP contribution in [0.25, 0.3) is 0 Å². The Morgan fingerprint density at radius 3 is 2.40 bits per heavy atom. The summed E-state index contributed by atoms with van der Waals surface area (Å²) >= 11 is 0. The van der Waals surface area contributed by atoms with E-state index in [1.807, 2.05) is 0 Å². The number of hydrogen-bond acceptors (Lipinski definition) is 4. The number of amides is 1. The summed E-state index contributed by atoms with van der Waals surface area (Å²) in [7, 11) is -3.79. The van der Waals surface area contributed by atoms with Gasteiger partial charge in [-0.15, -0.1) is 0 Å². The van der Waals surface area contributed by atoms with Crippen LogP contribution in [-0.4, -0.2) is 19.3 Å². The lowest BCUT2D eigenvalue weighted by molar-refractivity contribution is 0.102. The number of hydrogen-bond donors (Lipinski definition) is 2. The summed E-state index contributed by atoms with van der Waals surface area (Å²) in [5.74, 6) is -1.56. The largest absolute Gasteiger partial charge is 0.322 e. The Kier molecular flexibility index (Phi) is 3.77. The Bertz CT molecular complexity index is 745. The molecule has 0 atom stereocenters. The van der Waals surface area contributed by atoms with Crippen molar-refractivity contribution in [3.63, 3.8) is 0 Å². The van der Waals surface area contributed by atoms with Gasteiger partial charge in [0, 0.05) is 11.9 Å². The molecule has 1 aromatic carbocycles. The Hall–Kier alpha value is -2.32. The van der Waals surface area contributed by atoms with Gasteiger partial charge in [-0.25, -0.2) is 18.5 Å². The number of pyridine rings is 1. The van der Waals surface area contributed by atoms with Crippen molar-refractivity contribution < 1.29 is 17.6 Å². The zero-order valence-corrected chi connectivity index (χ0v) is 10.9. The van der Waals surface area contributed by atoms with E-state index in [2.05, 4.69) is 10.3 Å². The fraction of sp³-hybridized carbons (Fsp3) is 0. The number of aromatic nitrogens is 1. The van der Waals surface area contributed by atoms with Gasteiger partial charge in [0.05, 0.1) is 10.5 Å². The fourth-order valence-electron chi connectivity index (χ4n) is 1.48. The van der Waals surface area contributed by atoms with E-state index < -0.39 is 21.9 Å². The van der Waals surface area contributed by atoms with E-state index in [0.29, 0.717) is 5.69 Å². The van der Waals surface area contributed by atoms with Crippen molar-refractivity contribution in [1.82, 2.24) is 4.98 Å². The van der Waals surface area contributed by atoms with Crippen LogP contribution in [0.4, 0.5) is 10.1 Å². The number of nitrogens with zero attached hydrogens (tertiary/aromatic N) is 1. The molecule has 8 heteroatoms. The van der Waals surface area contributed by atoms with Crippen LogP contribution < -0.4 is 10.5 Å². The van der Waals surface area contributed by atoms with Gasteiger partial charge in [0.25, 0.3) is 5.91 Å². The van der Waals surface area contributed by atoms with Crippen molar-refractivity contribution in [3.05, 3.63) is 54.1 Å². The van der Waals surface area contributed by atoms with Crippen LogP contribution in [0.15, 0.2) is 47.5 Å². The predicted octanol–water partition coefficient (Wildman–Crippen LogP) is 1.12. The topological polar surface area (TPSA) is 102 Å². The summed E-state index contributed by atoms with van der Waals surface area (Å²) in [5, 5.41) is 7.37. The normalized spacial score (nSPS) is 11.1. The number of anilines is 1. The van der Waals surface area contributed by atoms with Crippen LogP contribution in [0.3, 0.4) is 0 Å². The zero-order chi connectivity index (χ0) is 14.8. The highest BCUT2D eigenvalue weighted by atomic mass is 32.2. The number of nitrogens with two attached hydrogens (primary N) is 1. The molecule has 3 N–H and O–H groups in total. The molecule has 2 rings (SSSR count). The van der Waals surface area contributed by atoms with Gasteiger partial charge in [0.2, 0.25) is 16.0 Å². The average Bonchev–Trinajstić information content (AvgIpc) is 2.38. The second-order valence-electron chi connectivity index (χ2n) is 3.87. The Morgan fingerprint density at radius 2 is 1.85 bits per heavy atom. The monoisotopic (exact) mass is 295 g/mol. The second-order valence-corrected chi connectivity index (χ2v) is 5.43. The molecule has 0 aliphatic rings. The molecule has 0 fully saturated rings. The van der Waals surface area contributed by atoms with Gasteiger partial charge >= 0.3 is 0 Å². The standard InChI is InChI=1S/C12H10FN3O3S/c13-11-10(2-1-7-15-11)12(17)16-8-3-5-9(6-4-8)20(14,18)19/h1-7H,(H,16,17)(H2,14,18,19). The molecule has 104 valence electrons. The second kappa shape index (κ2) is 5.35. The number of nitrogens with one attached hydrogen (secondary N) is 1. The summed E-state index contributed by atoms with van der Waals surface area (Å²) < 4.78 is 35.4. The van der Waals surface area contributed by atoms with Crippen molar-refractivity contribution in [2.45, 2.75) is 4.90 Å². The summed E-state index contributed by atoms with van der Waals surface area (Å²) in [6.45, 7) is 0. The highest BCUT2D eigenvalue weighted by molar-refractivity contribution is 7.89. The van der Waals surface area contributed by atoms with E-state index in [0.717, 1.165) is 0 Å². The van der Waals surface area contributed by atoms with Gasteiger partial charge in [-0.3, -0.25) is 4.79 Å². The first-order valence-electron chi connectivity index (χ1n) is 5.42. The molecule has 0 saturated carbocycles. The van der Waals surface area contributed by atoms with Gasteiger partial charge in [-0.2, -0.15) is 4.39 Å². The molecule has 0 aliphatic heterocycles. The van der Waals surface area contributed by atoms with Crippen LogP contribution in [0.5, 0.6) is 0 Å². The highest BCUT2D eigenvalue weighted by Gasteiger charge is 2.13. The Morgan fingerprint density at radius 1 is 1.20 bits per heavy atom.